The molecule has 1 saturated heterocycles. The molecule has 0 bridgehead atoms. The highest BCUT2D eigenvalue weighted by molar-refractivity contribution is 6.00. The summed E-state index contributed by atoms with van der Waals surface area (Å²) < 4.78 is 52.0. The normalized spacial score (nSPS) is 14.3. The molecule has 1 fully saturated rings. The second-order valence-corrected chi connectivity index (χ2v) is 7.15. The van der Waals surface area contributed by atoms with Gasteiger partial charge in [-0.1, -0.05) is 0 Å². The first-order valence-corrected chi connectivity index (χ1v) is 9.78. The van der Waals surface area contributed by atoms with Gasteiger partial charge in [0.25, 0.3) is 5.91 Å². The molecule has 1 aliphatic heterocycles. The minimum absolute atomic E-state index is 0.0931. The van der Waals surface area contributed by atoms with Crippen molar-refractivity contribution in [3.63, 3.8) is 0 Å². The van der Waals surface area contributed by atoms with E-state index in [1.807, 2.05) is 0 Å². The van der Waals surface area contributed by atoms with Crippen molar-refractivity contribution in [2.45, 2.75) is 19.0 Å². The summed E-state index contributed by atoms with van der Waals surface area (Å²) in [5.41, 5.74) is -0.750. The fourth-order valence-electron chi connectivity index (χ4n) is 3.24. The van der Waals surface area contributed by atoms with E-state index in [2.05, 4.69) is 20.9 Å². The largest absolute Gasteiger partial charge is 0.416 e. The molecule has 0 spiro atoms. The fourth-order valence-corrected chi connectivity index (χ4v) is 3.24. The van der Waals surface area contributed by atoms with E-state index in [9.17, 15) is 27.2 Å². The highest BCUT2D eigenvalue weighted by Gasteiger charge is 2.30. The number of hydrogen-bond donors (Lipinski definition) is 3. The maximum Gasteiger partial charge on any atom is 0.416 e. The van der Waals surface area contributed by atoms with Crippen molar-refractivity contribution >= 4 is 23.3 Å². The van der Waals surface area contributed by atoms with E-state index < -0.39 is 29.5 Å². The Morgan fingerprint density at radius 3 is 2.16 bits per heavy atom. The number of carbonyl (C=O) groups is 2. The van der Waals surface area contributed by atoms with Gasteiger partial charge in [0.2, 0.25) is 0 Å². The van der Waals surface area contributed by atoms with Crippen molar-refractivity contribution < 1.29 is 27.2 Å². The molecule has 0 aromatic heterocycles. The first kappa shape index (κ1) is 22.5. The van der Waals surface area contributed by atoms with Crippen LogP contribution in [0.1, 0.15) is 28.8 Å². The van der Waals surface area contributed by atoms with Gasteiger partial charge in [-0.3, -0.25) is 4.79 Å². The van der Waals surface area contributed by atoms with Gasteiger partial charge in [0.15, 0.2) is 0 Å². The van der Waals surface area contributed by atoms with Gasteiger partial charge >= 0.3 is 12.2 Å². The summed E-state index contributed by atoms with van der Waals surface area (Å²) in [6, 6.07) is 6.76. The number of hydrogen-bond acceptors (Lipinski definition) is 3. The zero-order valence-electron chi connectivity index (χ0n) is 16.6. The third-order valence-corrected chi connectivity index (χ3v) is 4.85. The Kier molecular flexibility index (Phi) is 7.11. The minimum Gasteiger partial charge on any atom is -0.351 e. The predicted octanol–water partition coefficient (Wildman–Crippen LogP) is 4.31. The molecular weight excluding hydrogens is 416 g/mol. The number of benzene rings is 2. The predicted molar refractivity (Wildman–Crippen MR) is 108 cm³/mol. The van der Waals surface area contributed by atoms with E-state index in [-0.39, 0.29) is 16.9 Å². The second kappa shape index (κ2) is 9.78. The summed E-state index contributed by atoms with van der Waals surface area (Å²) in [7, 11) is 0. The number of anilines is 2. The highest BCUT2D eigenvalue weighted by atomic mass is 19.4. The Morgan fingerprint density at radius 2 is 1.55 bits per heavy atom. The molecule has 1 aliphatic rings. The van der Waals surface area contributed by atoms with Crippen molar-refractivity contribution in [2.75, 3.05) is 36.8 Å². The van der Waals surface area contributed by atoms with E-state index >= 15 is 0 Å². The number of rotatable bonds is 6. The molecule has 3 amide bonds. The topological polar surface area (TPSA) is 73.5 Å². The van der Waals surface area contributed by atoms with Crippen LogP contribution in [0.2, 0.25) is 0 Å². The van der Waals surface area contributed by atoms with Crippen molar-refractivity contribution in [2.24, 2.45) is 0 Å². The van der Waals surface area contributed by atoms with Crippen LogP contribution in [0.3, 0.4) is 0 Å². The Hall–Kier alpha value is -3.14. The number of nitrogens with one attached hydrogen (secondary N) is 3. The van der Waals surface area contributed by atoms with Crippen LogP contribution in [-0.2, 0) is 6.18 Å². The molecule has 31 heavy (non-hydrogen) atoms. The third-order valence-electron chi connectivity index (χ3n) is 4.85. The zero-order chi connectivity index (χ0) is 22.4. The molecule has 0 saturated carbocycles. The Balaban J connectivity index is 1.51. The highest BCUT2D eigenvalue weighted by Crippen LogP contribution is 2.29. The van der Waals surface area contributed by atoms with E-state index in [0.29, 0.717) is 13.1 Å². The first-order valence-electron chi connectivity index (χ1n) is 9.78. The van der Waals surface area contributed by atoms with Gasteiger partial charge < -0.3 is 20.9 Å². The lowest BCUT2D eigenvalue weighted by Gasteiger charge is -2.15. The molecule has 2 aromatic carbocycles. The minimum atomic E-state index is -4.47. The monoisotopic (exact) mass is 438 g/mol. The van der Waals surface area contributed by atoms with E-state index in [0.717, 1.165) is 56.3 Å². The zero-order valence-corrected chi connectivity index (χ0v) is 16.6. The molecule has 6 nitrogen and oxygen atoms in total. The van der Waals surface area contributed by atoms with Crippen LogP contribution in [0.15, 0.2) is 42.5 Å². The average molecular weight is 438 g/mol. The van der Waals surface area contributed by atoms with Crippen molar-refractivity contribution in [1.29, 1.82) is 0 Å². The molecule has 2 aromatic rings. The van der Waals surface area contributed by atoms with Crippen LogP contribution in [-0.4, -0.2) is 43.0 Å². The number of halogens is 4. The molecule has 10 heteroatoms. The van der Waals surface area contributed by atoms with Crippen LogP contribution >= 0.6 is 0 Å². The van der Waals surface area contributed by atoms with Gasteiger partial charge in [0, 0.05) is 24.5 Å². The van der Waals surface area contributed by atoms with Crippen LogP contribution in [0.4, 0.5) is 33.7 Å². The molecule has 1 heterocycles. The smallest absolute Gasteiger partial charge is 0.351 e. The van der Waals surface area contributed by atoms with Gasteiger partial charge in [0.05, 0.1) is 11.1 Å². The quantitative estimate of drug-likeness (QED) is 0.589. The summed E-state index contributed by atoms with van der Waals surface area (Å²) in [4.78, 5) is 26.4. The van der Waals surface area contributed by atoms with Crippen LogP contribution in [0.5, 0.6) is 0 Å². The van der Waals surface area contributed by atoms with Gasteiger partial charge in [-0.2, -0.15) is 13.2 Å². The lowest BCUT2D eigenvalue weighted by molar-refractivity contribution is -0.137. The van der Waals surface area contributed by atoms with E-state index in [1.165, 1.54) is 12.1 Å². The van der Waals surface area contributed by atoms with Crippen LogP contribution in [0.25, 0.3) is 0 Å². The third kappa shape index (κ3) is 6.42. The number of carbonyl (C=O) groups excluding carboxylic acids is 2. The van der Waals surface area contributed by atoms with Crippen LogP contribution in [0, 0.1) is 5.82 Å². The van der Waals surface area contributed by atoms with E-state index in [1.54, 1.807) is 0 Å². The number of nitrogens with zero attached hydrogens (tertiary/aromatic N) is 1. The van der Waals surface area contributed by atoms with Gasteiger partial charge in [-0.25, -0.2) is 9.18 Å². The SMILES string of the molecule is O=C(Nc1ccc(C(F)(F)F)cc1)Nc1ccc(C(=O)NCCN2CCCC2)c(F)c1. The molecule has 0 aliphatic carbocycles. The molecule has 166 valence electrons. The number of likely N-dealkylation sites (tertiary alicyclic amines) is 1. The van der Waals surface area contributed by atoms with Crippen molar-refractivity contribution in [1.82, 2.24) is 10.2 Å². The average Bonchev–Trinajstić information content (AvgIpc) is 3.21. The molecule has 0 radical (unpaired) electrons. The van der Waals surface area contributed by atoms with Crippen molar-refractivity contribution in [3.05, 3.63) is 59.4 Å². The first-order chi connectivity index (χ1) is 14.7. The van der Waals surface area contributed by atoms with Crippen LogP contribution < -0.4 is 16.0 Å². The molecule has 0 unspecified atom stereocenters. The lowest BCUT2D eigenvalue weighted by atomic mass is 10.1. The summed E-state index contributed by atoms with van der Waals surface area (Å²) in [6.07, 6.45) is -2.19. The van der Waals surface area contributed by atoms with Gasteiger partial charge in [-0.15, -0.1) is 0 Å². The van der Waals surface area contributed by atoms with E-state index in [4.69, 9.17) is 0 Å². The Labute approximate surface area is 176 Å². The second-order valence-electron chi connectivity index (χ2n) is 7.15. The summed E-state index contributed by atoms with van der Waals surface area (Å²) in [5, 5.41) is 7.40. The number of alkyl halides is 3. The Morgan fingerprint density at radius 1 is 0.935 bits per heavy atom. The molecular formula is C21H22F4N4O2. The van der Waals surface area contributed by atoms with Gasteiger partial charge in [0.1, 0.15) is 5.82 Å². The summed E-state index contributed by atoms with van der Waals surface area (Å²) in [5.74, 6) is -1.34. The maximum absolute atomic E-state index is 14.3. The number of urea groups is 1. The molecule has 3 N–H and O–H groups in total. The summed E-state index contributed by atoms with van der Waals surface area (Å²) >= 11 is 0. The molecule has 0 atom stereocenters. The lowest BCUT2D eigenvalue weighted by Crippen LogP contribution is -2.33. The standard InChI is InChI=1S/C21H22F4N4O2/c22-18-13-16(7-8-17(18)19(30)26-9-12-29-10-1-2-11-29)28-20(31)27-15-5-3-14(4-6-15)21(23,24)25/h3-8,13H,1-2,9-12H2,(H,26,30)(H2,27,28,31). The fraction of sp³-hybridized carbons (Fsp3) is 0.333. The Bertz CT molecular complexity index is 926. The summed E-state index contributed by atoms with van der Waals surface area (Å²) in [6.45, 7) is 3.11. The van der Waals surface area contributed by atoms with Crippen molar-refractivity contribution in [3.8, 4) is 0 Å². The maximum atomic E-state index is 14.3. The molecule has 3 rings (SSSR count). The number of amides is 3. The van der Waals surface area contributed by atoms with Gasteiger partial charge in [-0.05, 0) is 68.4 Å².